The fourth-order valence-electron chi connectivity index (χ4n) is 4.00. The average molecular weight is 431 g/mol. The lowest BCUT2D eigenvalue weighted by atomic mass is 9.99. The Labute approximate surface area is 187 Å². The molecule has 0 unspecified atom stereocenters. The number of anilines is 1. The molecule has 6 heteroatoms. The van der Waals surface area contributed by atoms with Crippen molar-refractivity contribution in [1.82, 2.24) is 5.32 Å². The van der Waals surface area contributed by atoms with Gasteiger partial charge < -0.3 is 19.7 Å². The minimum Gasteiger partial charge on any atom is -0.497 e. The van der Waals surface area contributed by atoms with E-state index >= 15 is 0 Å². The first kappa shape index (κ1) is 21.4. The number of fused-ring (bicyclic) bond motifs is 1. The van der Waals surface area contributed by atoms with E-state index in [1.54, 1.807) is 23.1 Å². The lowest BCUT2D eigenvalue weighted by molar-refractivity contribution is -0.120. The number of nitrogens with one attached hydrogen (secondary N) is 1. The number of hydrogen-bond acceptors (Lipinski definition) is 4. The van der Waals surface area contributed by atoms with E-state index in [0.29, 0.717) is 23.6 Å². The molecule has 6 nitrogen and oxygen atoms in total. The van der Waals surface area contributed by atoms with Gasteiger partial charge in [-0.3, -0.25) is 9.59 Å². The van der Waals surface area contributed by atoms with Crippen LogP contribution in [0.5, 0.6) is 11.5 Å². The number of methoxy groups -OCH3 is 2. The summed E-state index contributed by atoms with van der Waals surface area (Å²) in [7, 11) is 3.06. The topological polar surface area (TPSA) is 67.9 Å². The van der Waals surface area contributed by atoms with E-state index in [4.69, 9.17) is 9.47 Å². The van der Waals surface area contributed by atoms with Crippen LogP contribution in [0.4, 0.5) is 5.69 Å². The van der Waals surface area contributed by atoms with E-state index in [2.05, 4.69) is 5.32 Å². The van der Waals surface area contributed by atoms with Crippen molar-refractivity contribution in [3.05, 3.63) is 89.5 Å². The van der Waals surface area contributed by atoms with Crippen LogP contribution in [0.1, 0.15) is 33.9 Å². The van der Waals surface area contributed by atoms with Crippen LogP contribution in [0.2, 0.25) is 0 Å². The molecule has 3 aromatic carbocycles. The number of carbonyl (C=O) groups excluding carboxylic acids is 2. The highest BCUT2D eigenvalue weighted by molar-refractivity contribution is 6.03. The maximum atomic E-state index is 13.7. The molecule has 0 aromatic heterocycles. The molecule has 0 spiro atoms. The van der Waals surface area contributed by atoms with Crippen LogP contribution in [0, 0.1) is 0 Å². The highest BCUT2D eigenvalue weighted by Gasteiger charge is 2.31. The first-order chi connectivity index (χ1) is 15.6. The number of ether oxygens (including phenoxy) is 2. The van der Waals surface area contributed by atoms with E-state index in [1.807, 2.05) is 54.6 Å². The molecule has 0 fully saturated rings. The van der Waals surface area contributed by atoms with Crippen molar-refractivity contribution in [3.63, 3.8) is 0 Å². The molecule has 0 saturated carbocycles. The lowest BCUT2D eigenvalue weighted by Gasteiger charge is -2.32. The fraction of sp³-hybridized carbons (Fsp3) is 0.231. The SMILES string of the molecule is COc1cc(OC)cc(C(=O)N[C@@H](C(=O)N2CCCc3ccccc32)c2ccccc2)c1. The predicted molar refractivity (Wildman–Crippen MR) is 123 cm³/mol. The molecule has 2 amide bonds. The minimum absolute atomic E-state index is 0.161. The van der Waals surface area contributed by atoms with Gasteiger partial charge >= 0.3 is 0 Å². The maximum Gasteiger partial charge on any atom is 0.254 e. The Kier molecular flexibility index (Phi) is 6.40. The average Bonchev–Trinajstić information content (AvgIpc) is 2.86. The molecule has 32 heavy (non-hydrogen) atoms. The van der Waals surface area contributed by atoms with Crippen LogP contribution in [-0.2, 0) is 11.2 Å². The van der Waals surface area contributed by atoms with Crippen LogP contribution in [0.15, 0.2) is 72.8 Å². The Morgan fingerprint density at radius 3 is 2.25 bits per heavy atom. The van der Waals surface area contributed by atoms with Gasteiger partial charge in [-0.1, -0.05) is 48.5 Å². The van der Waals surface area contributed by atoms with Crippen LogP contribution >= 0.6 is 0 Å². The second kappa shape index (κ2) is 9.56. The zero-order valence-electron chi connectivity index (χ0n) is 18.2. The molecule has 164 valence electrons. The monoisotopic (exact) mass is 430 g/mol. The number of amides is 2. The zero-order chi connectivity index (χ0) is 22.5. The third-order valence-electron chi connectivity index (χ3n) is 5.65. The summed E-state index contributed by atoms with van der Waals surface area (Å²) < 4.78 is 10.6. The molecule has 1 atom stereocenters. The van der Waals surface area contributed by atoms with Gasteiger partial charge in [-0.05, 0) is 42.2 Å². The Hall–Kier alpha value is -3.80. The molecule has 0 radical (unpaired) electrons. The Morgan fingerprint density at radius 1 is 0.906 bits per heavy atom. The number of benzene rings is 3. The number of nitrogens with zero attached hydrogens (tertiary/aromatic N) is 1. The number of hydrogen-bond donors (Lipinski definition) is 1. The standard InChI is InChI=1S/C26H26N2O4/c1-31-21-15-20(16-22(17-21)32-2)25(29)27-24(19-10-4-3-5-11-19)26(30)28-14-8-12-18-9-6-7-13-23(18)28/h3-7,9-11,13,15-17,24H,8,12,14H2,1-2H3,(H,27,29)/t24-/m1/s1. The maximum absolute atomic E-state index is 13.7. The highest BCUT2D eigenvalue weighted by Crippen LogP contribution is 2.30. The van der Waals surface area contributed by atoms with Gasteiger partial charge in [0.05, 0.1) is 14.2 Å². The van der Waals surface area contributed by atoms with Gasteiger partial charge in [0, 0.05) is 23.9 Å². The summed E-state index contributed by atoms with van der Waals surface area (Å²) in [6, 6.07) is 21.4. The normalized spacial score (nSPS) is 13.6. The Balaban J connectivity index is 1.67. The molecular formula is C26H26N2O4. The van der Waals surface area contributed by atoms with Crippen molar-refractivity contribution in [2.75, 3.05) is 25.7 Å². The molecule has 4 rings (SSSR count). The van der Waals surface area contributed by atoms with E-state index in [9.17, 15) is 9.59 Å². The second-order valence-corrected chi connectivity index (χ2v) is 7.64. The lowest BCUT2D eigenvalue weighted by Crippen LogP contribution is -2.45. The van der Waals surface area contributed by atoms with Crippen LogP contribution in [0.25, 0.3) is 0 Å². The summed E-state index contributed by atoms with van der Waals surface area (Å²) >= 11 is 0. The first-order valence-electron chi connectivity index (χ1n) is 10.6. The third-order valence-corrected chi connectivity index (χ3v) is 5.65. The zero-order valence-corrected chi connectivity index (χ0v) is 18.2. The van der Waals surface area contributed by atoms with E-state index in [0.717, 1.165) is 29.7 Å². The summed E-state index contributed by atoms with van der Waals surface area (Å²) in [5.74, 6) is 0.463. The molecule has 3 aromatic rings. The van der Waals surface area contributed by atoms with E-state index in [-0.39, 0.29) is 11.8 Å². The van der Waals surface area contributed by atoms with Gasteiger partial charge in [-0.15, -0.1) is 0 Å². The number of para-hydroxylation sites is 1. The van der Waals surface area contributed by atoms with Crippen molar-refractivity contribution in [1.29, 1.82) is 0 Å². The van der Waals surface area contributed by atoms with Crippen LogP contribution in [0.3, 0.4) is 0 Å². The van der Waals surface area contributed by atoms with Gasteiger partial charge in [0.25, 0.3) is 11.8 Å². The summed E-state index contributed by atoms with van der Waals surface area (Å²) in [5.41, 5.74) is 3.13. The number of carbonyl (C=O) groups is 2. The van der Waals surface area contributed by atoms with Crippen molar-refractivity contribution in [2.24, 2.45) is 0 Å². The molecule has 1 aliphatic heterocycles. The summed E-state index contributed by atoms with van der Waals surface area (Å²) in [5, 5.41) is 2.94. The van der Waals surface area contributed by atoms with Crippen molar-refractivity contribution < 1.29 is 19.1 Å². The number of aryl methyl sites for hydroxylation is 1. The van der Waals surface area contributed by atoms with Crippen molar-refractivity contribution in [3.8, 4) is 11.5 Å². The Bertz CT molecular complexity index is 1090. The summed E-state index contributed by atoms with van der Waals surface area (Å²) in [6.07, 6.45) is 1.82. The molecular weight excluding hydrogens is 404 g/mol. The smallest absolute Gasteiger partial charge is 0.254 e. The number of rotatable bonds is 6. The predicted octanol–water partition coefficient (Wildman–Crippen LogP) is 4.15. The fourth-order valence-corrected chi connectivity index (χ4v) is 4.00. The Morgan fingerprint density at radius 2 is 1.56 bits per heavy atom. The van der Waals surface area contributed by atoms with Crippen LogP contribution < -0.4 is 19.7 Å². The first-order valence-corrected chi connectivity index (χ1v) is 10.6. The van der Waals surface area contributed by atoms with Gasteiger partial charge in [-0.25, -0.2) is 0 Å². The van der Waals surface area contributed by atoms with Gasteiger partial charge in [0.1, 0.15) is 17.5 Å². The van der Waals surface area contributed by atoms with Crippen molar-refractivity contribution in [2.45, 2.75) is 18.9 Å². The molecule has 0 bridgehead atoms. The minimum atomic E-state index is -0.827. The quantitative estimate of drug-likeness (QED) is 0.638. The molecule has 1 heterocycles. The van der Waals surface area contributed by atoms with E-state index < -0.39 is 6.04 Å². The third kappa shape index (κ3) is 4.44. The van der Waals surface area contributed by atoms with Crippen molar-refractivity contribution >= 4 is 17.5 Å². The highest BCUT2D eigenvalue weighted by atomic mass is 16.5. The summed E-state index contributed by atoms with van der Waals surface area (Å²) in [4.78, 5) is 28.7. The van der Waals surface area contributed by atoms with Gasteiger partial charge in [-0.2, -0.15) is 0 Å². The summed E-state index contributed by atoms with van der Waals surface area (Å²) in [6.45, 7) is 0.613. The van der Waals surface area contributed by atoms with Crippen LogP contribution in [-0.4, -0.2) is 32.6 Å². The molecule has 1 aliphatic rings. The second-order valence-electron chi connectivity index (χ2n) is 7.64. The van der Waals surface area contributed by atoms with E-state index in [1.165, 1.54) is 14.2 Å². The molecule has 0 aliphatic carbocycles. The van der Waals surface area contributed by atoms with Gasteiger partial charge in [0.15, 0.2) is 0 Å². The molecule has 0 saturated heterocycles. The largest absolute Gasteiger partial charge is 0.497 e. The molecule has 1 N–H and O–H groups in total. The van der Waals surface area contributed by atoms with Gasteiger partial charge in [0.2, 0.25) is 0 Å².